The van der Waals surface area contributed by atoms with Crippen LogP contribution in [0.15, 0.2) is 48.5 Å². The monoisotopic (exact) mass is 473 g/mol. The largest absolute Gasteiger partial charge is 0.328 e. The molecular formula is C23H25Cl2N5O2. The van der Waals surface area contributed by atoms with Crippen LogP contribution in [0.1, 0.15) is 17.5 Å². The molecule has 168 valence electrons. The van der Waals surface area contributed by atoms with E-state index in [0.717, 1.165) is 26.1 Å². The van der Waals surface area contributed by atoms with Crippen molar-refractivity contribution in [2.24, 2.45) is 0 Å². The van der Waals surface area contributed by atoms with Crippen molar-refractivity contribution in [1.29, 1.82) is 0 Å². The van der Waals surface area contributed by atoms with Gasteiger partial charge in [-0.3, -0.25) is 24.8 Å². The lowest BCUT2D eigenvalue weighted by atomic mass is 10.1. The van der Waals surface area contributed by atoms with Crippen molar-refractivity contribution >= 4 is 35.1 Å². The Balaban J connectivity index is 1.39. The Morgan fingerprint density at radius 3 is 2.56 bits per heavy atom. The Morgan fingerprint density at radius 2 is 1.81 bits per heavy atom. The molecule has 0 aromatic heterocycles. The third-order valence-electron chi connectivity index (χ3n) is 6.54. The SMILES string of the molecule is CN1C(=O)N(Cc2ccc(Cl)cc2Cl)C(=O)C2C1NC1N(Cc3ccccc3)CCCN21. The van der Waals surface area contributed by atoms with Gasteiger partial charge in [0.1, 0.15) is 18.5 Å². The second-order valence-electron chi connectivity index (χ2n) is 8.53. The summed E-state index contributed by atoms with van der Waals surface area (Å²) in [5.41, 5.74) is 1.91. The van der Waals surface area contributed by atoms with E-state index in [9.17, 15) is 9.59 Å². The fourth-order valence-electron chi connectivity index (χ4n) is 4.94. The van der Waals surface area contributed by atoms with E-state index in [1.165, 1.54) is 10.5 Å². The zero-order chi connectivity index (χ0) is 22.4. The standard InChI is InChI=1S/C23H25Cl2N5O2/c1-27-20-19(21(31)30(23(27)32)14-16-8-9-17(24)12-18(16)25)29-11-5-10-28(22(29)26-20)13-15-6-3-2-4-7-15/h2-4,6-9,12,19-20,22,26H,5,10-11,13-14H2,1H3. The van der Waals surface area contributed by atoms with Crippen LogP contribution >= 0.6 is 23.2 Å². The summed E-state index contributed by atoms with van der Waals surface area (Å²) in [5, 5.41) is 4.50. The number of hydrogen-bond acceptors (Lipinski definition) is 5. The van der Waals surface area contributed by atoms with Crippen LogP contribution < -0.4 is 5.32 Å². The topological polar surface area (TPSA) is 59.1 Å². The molecule has 3 saturated heterocycles. The molecule has 9 heteroatoms. The van der Waals surface area contributed by atoms with Crippen LogP contribution in [-0.4, -0.2) is 70.2 Å². The first-order valence-corrected chi connectivity index (χ1v) is 11.5. The summed E-state index contributed by atoms with van der Waals surface area (Å²) in [6.45, 7) is 2.63. The van der Waals surface area contributed by atoms with Gasteiger partial charge in [0.2, 0.25) is 0 Å². The lowest BCUT2D eigenvalue weighted by Gasteiger charge is -2.43. The fourth-order valence-corrected chi connectivity index (χ4v) is 5.41. The van der Waals surface area contributed by atoms with Crippen LogP contribution in [0.5, 0.6) is 0 Å². The van der Waals surface area contributed by atoms with E-state index in [1.54, 1.807) is 30.1 Å². The Morgan fingerprint density at radius 1 is 1.03 bits per heavy atom. The maximum absolute atomic E-state index is 13.6. The van der Waals surface area contributed by atoms with E-state index in [0.29, 0.717) is 15.6 Å². The van der Waals surface area contributed by atoms with Gasteiger partial charge in [-0.15, -0.1) is 0 Å². The molecule has 2 aromatic carbocycles. The molecule has 3 fully saturated rings. The molecule has 5 rings (SSSR count). The predicted molar refractivity (Wildman–Crippen MR) is 123 cm³/mol. The highest BCUT2D eigenvalue weighted by atomic mass is 35.5. The van der Waals surface area contributed by atoms with Gasteiger partial charge in [-0.25, -0.2) is 4.79 Å². The van der Waals surface area contributed by atoms with Gasteiger partial charge in [0.25, 0.3) is 5.91 Å². The number of amides is 3. The molecule has 3 aliphatic heterocycles. The Kier molecular flexibility index (Phi) is 5.86. The molecule has 3 aliphatic rings. The van der Waals surface area contributed by atoms with E-state index in [4.69, 9.17) is 23.2 Å². The van der Waals surface area contributed by atoms with Gasteiger partial charge in [-0.2, -0.15) is 0 Å². The highest BCUT2D eigenvalue weighted by molar-refractivity contribution is 6.35. The molecule has 0 aliphatic carbocycles. The molecule has 3 atom stereocenters. The van der Waals surface area contributed by atoms with Gasteiger partial charge in [0, 0.05) is 36.7 Å². The molecular weight excluding hydrogens is 449 g/mol. The van der Waals surface area contributed by atoms with E-state index < -0.39 is 6.04 Å². The summed E-state index contributed by atoms with van der Waals surface area (Å²) >= 11 is 12.3. The van der Waals surface area contributed by atoms with Gasteiger partial charge in [0.05, 0.1) is 6.54 Å². The van der Waals surface area contributed by atoms with Crippen molar-refractivity contribution in [1.82, 2.24) is 24.9 Å². The van der Waals surface area contributed by atoms with Gasteiger partial charge < -0.3 is 4.90 Å². The molecule has 1 N–H and O–H groups in total. The van der Waals surface area contributed by atoms with Gasteiger partial charge in [-0.1, -0.05) is 59.6 Å². The van der Waals surface area contributed by atoms with E-state index in [2.05, 4.69) is 27.2 Å². The number of halogens is 2. The average molecular weight is 474 g/mol. The summed E-state index contributed by atoms with van der Waals surface area (Å²) in [6, 6.07) is 14.6. The summed E-state index contributed by atoms with van der Waals surface area (Å²) in [5.74, 6) is -0.194. The van der Waals surface area contributed by atoms with Crippen molar-refractivity contribution in [2.45, 2.75) is 38.0 Å². The minimum atomic E-state index is -0.438. The van der Waals surface area contributed by atoms with Crippen LogP contribution in [-0.2, 0) is 17.9 Å². The van der Waals surface area contributed by atoms with Crippen molar-refractivity contribution in [3.05, 3.63) is 69.7 Å². The quantitative estimate of drug-likeness (QED) is 0.738. The first kappa shape index (κ1) is 21.7. The second-order valence-corrected chi connectivity index (χ2v) is 9.37. The molecule has 32 heavy (non-hydrogen) atoms. The number of fused-ring (bicyclic) bond motifs is 3. The van der Waals surface area contributed by atoms with E-state index in [1.807, 2.05) is 18.2 Å². The van der Waals surface area contributed by atoms with Crippen LogP contribution in [0, 0.1) is 0 Å². The molecule has 0 spiro atoms. The van der Waals surface area contributed by atoms with Crippen molar-refractivity contribution in [2.75, 3.05) is 20.1 Å². The zero-order valence-electron chi connectivity index (χ0n) is 17.7. The molecule has 0 bridgehead atoms. The number of carbonyl (C=O) groups excluding carboxylic acids is 2. The van der Waals surface area contributed by atoms with Gasteiger partial charge >= 0.3 is 6.03 Å². The summed E-state index contributed by atoms with van der Waals surface area (Å²) < 4.78 is 0. The van der Waals surface area contributed by atoms with Gasteiger partial charge in [-0.05, 0) is 29.7 Å². The second kappa shape index (κ2) is 8.65. The predicted octanol–water partition coefficient (Wildman–Crippen LogP) is 3.18. The van der Waals surface area contributed by atoms with Crippen molar-refractivity contribution in [3.8, 4) is 0 Å². The van der Waals surface area contributed by atoms with E-state index >= 15 is 0 Å². The molecule has 3 unspecified atom stereocenters. The maximum atomic E-state index is 13.6. The first-order chi connectivity index (χ1) is 15.4. The number of rotatable bonds is 4. The van der Waals surface area contributed by atoms with Crippen LogP contribution in [0.25, 0.3) is 0 Å². The molecule has 3 heterocycles. The highest BCUT2D eigenvalue weighted by Crippen LogP contribution is 2.32. The lowest BCUT2D eigenvalue weighted by molar-refractivity contribution is -0.140. The summed E-state index contributed by atoms with van der Waals surface area (Å²) in [7, 11) is 1.75. The Labute approximate surface area is 197 Å². The normalized spacial score (nSPS) is 26.4. The van der Waals surface area contributed by atoms with Crippen LogP contribution in [0.3, 0.4) is 0 Å². The summed E-state index contributed by atoms with van der Waals surface area (Å²) in [6.07, 6.45) is 0.493. The van der Waals surface area contributed by atoms with Crippen LogP contribution in [0.4, 0.5) is 4.79 Å². The van der Waals surface area contributed by atoms with Crippen molar-refractivity contribution < 1.29 is 9.59 Å². The number of urea groups is 1. The third-order valence-corrected chi connectivity index (χ3v) is 7.13. The molecule has 7 nitrogen and oxygen atoms in total. The Hall–Kier alpha value is -2.16. The minimum absolute atomic E-state index is 0.0998. The molecule has 2 aromatic rings. The highest BCUT2D eigenvalue weighted by Gasteiger charge is 2.55. The average Bonchev–Trinajstić information content (AvgIpc) is 3.18. The number of benzene rings is 2. The zero-order valence-corrected chi connectivity index (χ0v) is 19.3. The Bertz CT molecular complexity index is 1040. The number of nitrogens with zero attached hydrogens (tertiary/aromatic N) is 4. The third kappa shape index (κ3) is 3.78. The smallest absolute Gasteiger partial charge is 0.310 e. The number of hydrogen-bond donors (Lipinski definition) is 1. The lowest BCUT2D eigenvalue weighted by Crippen LogP contribution is -2.66. The number of nitrogens with one attached hydrogen (secondary N) is 1. The van der Waals surface area contributed by atoms with Crippen molar-refractivity contribution in [3.63, 3.8) is 0 Å². The maximum Gasteiger partial charge on any atom is 0.328 e. The van der Waals surface area contributed by atoms with E-state index in [-0.39, 0.29) is 30.9 Å². The number of carbonyl (C=O) groups is 2. The number of likely N-dealkylation sites (N-methyl/N-ethyl adjacent to an activating group) is 1. The summed E-state index contributed by atoms with van der Waals surface area (Å²) in [4.78, 5) is 34.2. The van der Waals surface area contributed by atoms with Crippen LogP contribution in [0.2, 0.25) is 10.0 Å². The van der Waals surface area contributed by atoms with Gasteiger partial charge in [0.15, 0.2) is 0 Å². The molecule has 0 radical (unpaired) electrons. The number of imide groups is 1. The molecule has 0 saturated carbocycles. The fraction of sp³-hybridized carbons (Fsp3) is 0.391. The first-order valence-electron chi connectivity index (χ1n) is 10.8. The minimum Gasteiger partial charge on any atom is -0.310 e. The molecule has 3 amide bonds.